The molecule has 0 fully saturated rings. The molecule has 0 aliphatic carbocycles. The van der Waals surface area contributed by atoms with Gasteiger partial charge in [-0.15, -0.1) is 0 Å². The van der Waals surface area contributed by atoms with Gasteiger partial charge in [-0.1, -0.05) is 214 Å². The average molecular weight is 1120 g/mol. The minimum absolute atomic E-state index is 0.110. The van der Waals surface area contributed by atoms with Crippen LogP contribution in [0.2, 0.25) is 0 Å². The van der Waals surface area contributed by atoms with E-state index in [1.54, 1.807) is 11.8 Å². The van der Waals surface area contributed by atoms with Gasteiger partial charge in [-0.3, -0.25) is 0 Å². The molecule has 8 heteroatoms. The van der Waals surface area contributed by atoms with E-state index in [0.29, 0.717) is 11.1 Å². The first kappa shape index (κ1) is 49.8. The van der Waals surface area contributed by atoms with Crippen molar-refractivity contribution in [2.45, 2.75) is 36.0 Å². The topological polar surface area (TPSA) is 73.8 Å². The number of furan rings is 1. The van der Waals surface area contributed by atoms with Gasteiger partial charge in [-0.05, 0) is 106 Å². The highest BCUT2D eigenvalue weighted by Crippen LogP contribution is 2.52. The Labute approximate surface area is 501 Å². The first-order valence-corrected chi connectivity index (χ1v) is 30.0. The number of benzene rings is 12. The number of aromatic nitrogens is 2. The van der Waals surface area contributed by atoms with E-state index >= 15 is 0 Å². The lowest BCUT2D eigenvalue weighted by Crippen LogP contribution is -2.60. The third-order valence-corrected chi connectivity index (χ3v) is 19.2. The van der Waals surface area contributed by atoms with Crippen molar-refractivity contribution >= 4 is 117 Å². The van der Waals surface area contributed by atoms with Crippen LogP contribution < -0.4 is 21.3 Å². The van der Waals surface area contributed by atoms with Gasteiger partial charge in [0.15, 0.2) is 0 Å². The van der Waals surface area contributed by atoms with Crippen LogP contribution in [0.15, 0.2) is 263 Å². The van der Waals surface area contributed by atoms with E-state index in [1.807, 2.05) is 30.3 Å². The predicted molar refractivity (Wildman–Crippen MR) is 357 cm³/mol. The number of nitrogens with zero attached hydrogens (tertiary/aromatic N) is 5. The van der Waals surface area contributed by atoms with Gasteiger partial charge < -0.3 is 18.5 Å². The van der Waals surface area contributed by atoms with E-state index in [0.717, 1.165) is 126 Å². The Kier molecular flexibility index (Phi) is 10.9. The van der Waals surface area contributed by atoms with Crippen LogP contribution in [0.4, 0.5) is 17.1 Å². The van der Waals surface area contributed by atoms with Crippen LogP contribution in [0.5, 0.6) is 0 Å². The third kappa shape index (κ3) is 7.34. The molecular weight excluding hydrogens is 1070 g/mol. The molecular formula is C78H50BN5OS. The van der Waals surface area contributed by atoms with Gasteiger partial charge in [0.25, 0.3) is 0 Å². The molecule has 0 saturated carbocycles. The van der Waals surface area contributed by atoms with Crippen molar-refractivity contribution in [3.8, 4) is 56.9 Å². The van der Waals surface area contributed by atoms with E-state index in [-0.39, 0.29) is 12.1 Å². The van der Waals surface area contributed by atoms with Crippen LogP contribution in [0, 0.1) is 22.7 Å². The molecule has 2 aliphatic rings. The fraction of sp³-hybridized carbons (Fsp3) is 0.0513. The minimum atomic E-state index is -0.227. The molecule has 0 atom stereocenters. The normalized spacial score (nSPS) is 12.7. The first-order chi connectivity index (χ1) is 42.2. The summed E-state index contributed by atoms with van der Waals surface area (Å²) < 4.78 is 12.2. The summed E-state index contributed by atoms with van der Waals surface area (Å²) in [6.07, 6.45) is 0. The third-order valence-electron chi connectivity index (χ3n) is 18.0. The number of para-hydroxylation sites is 4. The number of fused-ring (bicyclic) bond motifs is 14. The van der Waals surface area contributed by atoms with Gasteiger partial charge in [0, 0.05) is 82.2 Å². The maximum Gasteiger partial charge on any atom is 0.249 e. The van der Waals surface area contributed by atoms with Gasteiger partial charge in [0.1, 0.15) is 11.2 Å². The maximum atomic E-state index is 10.4. The molecule has 0 N–H and O–H groups in total. The van der Waals surface area contributed by atoms with Crippen molar-refractivity contribution in [2.75, 3.05) is 4.90 Å². The number of nitriles is 2. The fourth-order valence-corrected chi connectivity index (χ4v) is 15.4. The summed E-state index contributed by atoms with van der Waals surface area (Å²) in [5.74, 6) is 0. The van der Waals surface area contributed by atoms with Crippen LogP contribution in [-0.2, 0) is 5.41 Å². The zero-order chi connectivity index (χ0) is 57.5. The summed E-state index contributed by atoms with van der Waals surface area (Å²) in [5.41, 5.74) is 23.3. The van der Waals surface area contributed by atoms with Crippen molar-refractivity contribution in [1.82, 2.24) is 9.13 Å². The van der Waals surface area contributed by atoms with Crippen molar-refractivity contribution in [3.63, 3.8) is 0 Å². The Morgan fingerprint density at radius 1 is 0.430 bits per heavy atom. The second kappa shape index (κ2) is 18.9. The Morgan fingerprint density at radius 2 is 1.00 bits per heavy atom. The minimum Gasteiger partial charge on any atom is -0.454 e. The molecule has 6 nitrogen and oxygen atoms in total. The first-order valence-electron chi connectivity index (χ1n) is 29.2. The predicted octanol–water partition coefficient (Wildman–Crippen LogP) is 18.6. The molecule has 5 heterocycles. The SMILES string of the molecule is CC(C)(C)c1ccc2c(c1)c1cc(C#N)ccc1n2-c1cc2c3c(c1)N(c1c(-c4ccccc4)cccc1-c1ccccc1)c1cc(-n4c5ccccc5c5ccccc54)ccc1B3c1ccc3c(oc4c(-c5ccccc5C#N)cccc43)c1S2. The van der Waals surface area contributed by atoms with Gasteiger partial charge in [0.05, 0.1) is 55.9 Å². The van der Waals surface area contributed by atoms with Gasteiger partial charge >= 0.3 is 0 Å². The highest BCUT2D eigenvalue weighted by atomic mass is 32.2. The van der Waals surface area contributed by atoms with Crippen molar-refractivity contribution < 1.29 is 4.42 Å². The van der Waals surface area contributed by atoms with Crippen molar-refractivity contribution in [2.24, 2.45) is 0 Å². The van der Waals surface area contributed by atoms with E-state index in [2.05, 4.69) is 265 Å². The number of hydrogen-bond acceptors (Lipinski definition) is 5. The summed E-state index contributed by atoms with van der Waals surface area (Å²) in [6, 6.07) is 94.6. The number of hydrogen-bond donors (Lipinski definition) is 0. The average Bonchev–Trinajstić information content (AvgIpc) is 1.05. The van der Waals surface area contributed by atoms with E-state index in [9.17, 15) is 10.5 Å². The van der Waals surface area contributed by atoms with Crippen molar-refractivity contribution in [3.05, 3.63) is 265 Å². The summed E-state index contributed by atoms with van der Waals surface area (Å²) in [6.45, 7) is 6.55. The second-order valence-electron chi connectivity index (χ2n) is 23.8. The molecule has 402 valence electrons. The molecule has 2 aliphatic heterocycles. The van der Waals surface area contributed by atoms with Crippen LogP contribution in [0.1, 0.15) is 37.5 Å². The zero-order valence-corrected chi connectivity index (χ0v) is 48.1. The molecule has 86 heavy (non-hydrogen) atoms. The summed E-state index contributed by atoms with van der Waals surface area (Å²) in [7, 11) is 0. The van der Waals surface area contributed by atoms with E-state index in [1.165, 1.54) is 32.7 Å². The number of anilines is 3. The van der Waals surface area contributed by atoms with Gasteiger partial charge in [-0.25, -0.2) is 0 Å². The molecule has 0 radical (unpaired) electrons. The van der Waals surface area contributed by atoms with Gasteiger partial charge in [-0.2, -0.15) is 10.5 Å². The fourth-order valence-electron chi connectivity index (χ4n) is 14.1. The number of rotatable bonds is 6. The molecule has 12 aromatic carbocycles. The summed E-state index contributed by atoms with van der Waals surface area (Å²) >= 11 is 1.78. The lowest BCUT2D eigenvalue weighted by molar-refractivity contribution is 0.591. The smallest absolute Gasteiger partial charge is 0.249 e. The molecule has 0 bridgehead atoms. The lowest BCUT2D eigenvalue weighted by Gasteiger charge is -2.42. The largest absolute Gasteiger partial charge is 0.454 e. The van der Waals surface area contributed by atoms with Crippen LogP contribution in [0.25, 0.3) is 110 Å². The molecule has 0 unspecified atom stereocenters. The summed E-state index contributed by atoms with van der Waals surface area (Å²) in [5, 5.41) is 27.4. The monoisotopic (exact) mass is 1120 g/mol. The Hall–Kier alpha value is -10.8. The molecule has 0 spiro atoms. The van der Waals surface area contributed by atoms with E-state index in [4.69, 9.17) is 4.42 Å². The Balaban J connectivity index is 1.02. The van der Waals surface area contributed by atoms with Crippen LogP contribution >= 0.6 is 11.8 Å². The highest BCUT2D eigenvalue weighted by molar-refractivity contribution is 8.00. The lowest BCUT2D eigenvalue weighted by atomic mass is 9.35. The quantitative estimate of drug-likeness (QED) is 0.155. The molecule has 15 aromatic rings. The second-order valence-corrected chi connectivity index (χ2v) is 24.8. The maximum absolute atomic E-state index is 10.4. The Bertz CT molecular complexity index is 5370. The standard InChI is InChI=1S/C78H50BN5OS/c1-78(2,3)51-33-39-69-63(41-51)62-40-47(45-80)32-38-68(62)83(69)53-43-71-73-72(44-53)86-77-65(37-35-61-60-29-17-28-59(75(60)85-76(61)77)54-23-11-10-22-50(54)46-81)79(73)64-36-34-52(82-66-30-14-12-24-57(66)58-25-13-15-31-67(58)82)42-70(64)84(71)74-55(48-18-6-4-7-19-48)26-16-27-56(74)49-20-8-5-9-21-49/h4-44H,1-3H3. The molecule has 3 aromatic heterocycles. The molecule has 0 amide bonds. The Morgan fingerprint density at radius 3 is 1.71 bits per heavy atom. The van der Waals surface area contributed by atoms with E-state index < -0.39 is 0 Å². The molecule has 0 saturated heterocycles. The van der Waals surface area contributed by atoms with Crippen LogP contribution in [0.3, 0.4) is 0 Å². The van der Waals surface area contributed by atoms with Gasteiger partial charge in [0.2, 0.25) is 6.71 Å². The van der Waals surface area contributed by atoms with Crippen molar-refractivity contribution in [1.29, 1.82) is 10.5 Å². The highest BCUT2D eigenvalue weighted by Gasteiger charge is 2.44. The summed E-state index contributed by atoms with van der Waals surface area (Å²) in [4.78, 5) is 4.78. The van der Waals surface area contributed by atoms with Crippen LogP contribution in [-0.4, -0.2) is 15.8 Å². The molecule has 17 rings (SSSR count). The zero-order valence-electron chi connectivity index (χ0n) is 47.3.